The fourth-order valence-electron chi connectivity index (χ4n) is 1.91. The Kier molecular flexibility index (Phi) is 6.81. The predicted molar refractivity (Wildman–Crippen MR) is 109 cm³/mol. The topological polar surface area (TPSA) is 72.5 Å². The van der Waals surface area contributed by atoms with Gasteiger partial charge in [0.25, 0.3) is 0 Å². The van der Waals surface area contributed by atoms with Crippen LogP contribution in [0.2, 0.25) is 0 Å². The van der Waals surface area contributed by atoms with Crippen molar-refractivity contribution < 1.29 is 17.9 Å². The molecule has 1 heterocycles. The van der Waals surface area contributed by atoms with Gasteiger partial charge in [-0.2, -0.15) is 0 Å². The Hall–Kier alpha value is -1.03. The Bertz CT molecular complexity index is 901. The molecule has 26 heavy (non-hydrogen) atoms. The van der Waals surface area contributed by atoms with Crippen LogP contribution in [0.3, 0.4) is 0 Å². The van der Waals surface area contributed by atoms with Gasteiger partial charge in [-0.1, -0.05) is 27.7 Å². The van der Waals surface area contributed by atoms with E-state index < -0.39 is 21.5 Å². The molecule has 0 radical (unpaired) electrons. The molecule has 142 valence electrons. The largest absolute Gasteiger partial charge is 0.444 e. The van der Waals surface area contributed by atoms with Gasteiger partial charge >= 0.3 is 6.09 Å². The van der Waals surface area contributed by atoms with Gasteiger partial charge in [0.05, 0.1) is 15.6 Å². The number of hydrogen-bond donors (Lipinski definition) is 1. The predicted octanol–water partition coefficient (Wildman–Crippen LogP) is 5.09. The molecule has 9 heteroatoms. The first-order valence-electron chi connectivity index (χ1n) is 7.66. The summed E-state index contributed by atoms with van der Waals surface area (Å²) in [6.45, 7) is 5.83. The highest BCUT2D eigenvalue weighted by atomic mass is 79.9. The molecule has 0 atom stereocenters. The summed E-state index contributed by atoms with van der Waals surface area (Å²) in [5.41, 5.74) is -0.529. The number of rotatable bonds is 5. The van der Waals surface area contributed by atoms with Crippen molar-refractivity contribution in [2.24, 2.45) is 0 Å². The Morgan fingerprint density at radius 1 is 1.27 bits per heavy atom. The number of nitrogens with one attached hydrogen (secondary N) is 1. The maximum absolute atomic E-state index is 11.8. The standard InChI is InChI=1S/C17H20BrNO4S3/c1-17(2,3)23-16(20)19-10-12-5-6-15(24-12)25-13-7-11(18)8-14(9-13)26(4,21)22/h5-9H,10H2,1-4H3,(H,19,20). The molecule has 1 N–H and O–H groups in total. The maximum atomic E-state index is 11.8. The summed E-state index contributed by atoms with van der Waals surface area (Å²) in [6, 6.07) is 8.99. The van der Waals surface area contributed by atoms with Crippen LogP contribution in [0.25, 0.3) is 0 Å². The highest BCUT2D eigenvalue weighted by Crippen LogP contribution is 2.36. The first kappa shape index (κ1) is 21.3. The molecule has 0 saturated heterocycles. The number of carbonyl (C=O) groups is 1. The number of halogens is 1. The van der Waals surface area contributed by atoms with Crippen molar-refractivity contribution in [3.8, 4) is 0 Å². The second kappa shape index (κ2) is 8.33. The minimum absolute atomic E-state index is 0.276. The summed E-state index contributed by atoms with van der Waals surface area (Å²) in [7, 11) is -3.27. The molecule has 0 fully saturated rings. The Morgan fingerprint density at radius 3 is 2.58 bits per heavy atom. The van der Waals surface area contributed by atoms with Gasteiger partial charge in [-0.05, 0) is 51.1 Å². The number of ether oxygens (including phenoxy) is 1. The van der Waals surface area contributed by atoms with Crippen LogP contribution in [0, 0.1) is 0 Å². The summed E-state index contributed by atoms with van der Waals surface area (Å²) in [5, 5.41) is 2.72. The molecule has 0 unspecified atom stereocenters. The molecule has 1 aromatic carbocycles. The van der Waals surface area contributed by atoms with Gasteiger partial charge in [-0.15, -0.1) is 11.3 Å². The van der Waals surface area contributed by atoms with E-state index in [2.05, 4.69) is 21.2 Å². The lowest BCUT2D eigenvalue weighted by atomic mass is 10.2. The second-order valence-electron chi connectivity index (χ2n) is 6.57. The minimum atomic E-state index is -3.27. The summed E-state index contributed by atoms with van der Waals surface area (Å²) in [6.07, 6.45) is 0.735. The quantitative estimate of drug-likeness (QED) is 0.648. The van der Waals surface area contributed by atoms with Gasteiger partial charge in [0.1, 0.15) is 5.60 Å². The number of sulfone groups is 1. The lowest BCUT2D eigenvalue weighted by Crippen LogP contribution is -2.31. The van der Waals surface area contributed by atoms with Gasteiger partial charge in [0, 0.05) is 20.5 Å². The molecule has 0 aliphatic rings. The zero-order valence-electron chi connectivity index (χ0n) is 14.8. The van der Waals surface area contributed by atoms with Crippen LogP contribution in [0.15, 0.2) is 48.8 Å². The Balaban J connectivity index is 2.03. The lowest BCUT2D eigenvalue weighted by molar-refractivity contribution is 0.0524. The van der Waals surface area contributed by atoms with Gasteiger partial charge in [-0.25, -0.2) is 13.2 Å². The third-order valence-electron chi connectivity index (χ3n) is 2.93. The fourth-order valence-corrected chi connectivity index (χ4v) is 5.65. The molecule has 0 spiro atoms. The van der Waals surface area contributed by atoms with E-state index in [4.69, 9.17) is 4.74 Å². The molecule has 0 aliphatic carbocycles. The monoisotopic (exact) mass is 477 g/mol. The smallest absolute Gasteiger partial charge is 0.407 e. The van der Waals surface area contributed by atoms with Crippen molar-refractivity contribution >= 4 is 55.0 Å². The van der Waals surface area contributed by atoms with Crippen LogP contribution in [0.4, 0.5) is 4.79 Å². The van der Waals surface area contributed by atoms with E-state index in [0.29, 0.717) is 11.0 Å². The number of hydrogen-bond acceptors (Lipinski definition) is 6. The molecule has 1 amide bonds. The van der Waals surface area contributed by atoms with Crippen LogP contribution in [-0.2, 0) is 21.1 Å². The number of carbonyl (C=O) groups excluding carboxylic acids is 1. The molecule has 2 aromatic rings. The maximum Gasteiger partial charge on any atom is 0.407 e. The van der Waals surface area contributed by atoms with E-state index in [1.807, 2.05) is 39.0 Å². The van der Waals surface area contributed by atoms with Crippen molar-refractivity contribution in [3.05, 3.63) is 39.7 Å². The van der Waals surface area contributed by atoms with Crippen LogP contribution >= 0.6 is 39.0 Å². The lowest BCUT2D eigenvalue weighted by Gasteiger charge is -2.19. The third kappa shape index (κ3) is 6.94. The SMILES string of the molecule is CC(C)(C)OC(=O)NCc1ccc(Sc2cc(Br)cc(S(C)(=O)=O)c2)s1. The molecule has 0 saturated carbocycles. The van der Waals surface area contributed by atoms with E-state index in [-0.39, 0.29) is 4.90 Å². The zero-order chi connectivity index (χ0) is 19.5. The van der Waals surface area contributed by atoms with Crippen LogP contribution in [-0.4, -0.2) is 26.4 Å². The zero-order valence-corrected chi connectivity index (χ0v) is 18.9. The summed E-state index contributed by atoms with van der Waals surface area (Å²) in [4.78, 5) is 13.8. The van der Waals surface area contributed by atoms with E-state index in [1.165, 1.54) is 29.4 Å². The van der Waals surface area contributed by atoms with E-state index in [0.717, 1.165) is 14.0 Å². The summed E-state index contributed by atoms with van der Waals surface area (Å²) < 4.78 is 30.4. The second-order valence-corrected chi connectivity index (χ2v) is 12.0. The average Bonchev–Trinajstić information content (AvgIpc) is 2.89. The van der Waals surface area contributed by atoms with E-state index in [1.54, 1.807) is 12.1 Å². The van der Waals surface area contributed by atoms with Crippen LogP contribution < -0.4 is 5.32 Å². The minimum Gasteiger partial charge on any atom is -0.444 e. The molecule has 0 bridgehead atoms. The Morgan fingerprint density at radius 2 is 1.96 bits per heavy atom. The first-order chi connectivity index (χ1) is 11.9. The van der Waals surface area contributed by atoms with E-state index >= 15 is 0 Å². The van der Waals surface area contributed by atoms with Gasteiger partial charge in [0.2, 0.25) is 0 Å². The highest BCUT2D eigenvalue weighted by Gasteiger charge is 2.16. The van der Waals surface area contributed by atoms with Crippen molar-refractivity contribution in [1.82, 2.24) is 5.32 Å². The first-order valence-corrected chi connectivity index (χ1v) is 12.0. The number of benzene rings is 1. The molecule has 2 rings (SSSR count). The highest BCUT2D eigenvalue weighted by molar-refractivity contribution is 9.10. The van der Waals surface area contributed by atoms with E-state index in [9.17, 15) is 13.2 Å². The molecular formula is C17H20BrNO4S3. The number of alkyl carbamates (subject to hydrolysis) is 1. The van der Waals surface area contributed by atoms with Crippen molar-refractivity contribution in [1.29, 1.82) is 0 Å². The summed E-state index contributed by atoms with van der Waals surface area (Å²) in [5.74, 6) is 0. The third-order valence-corrected chi connectivity index (χ3v) is 6.67. The fraction of sp³-hybridized carbons (Fsp3) is 0.353. The van der Waals surface area contributed by atoms with Gasteiger partial charge < -0.3 is 10.1 Å². The molecule has 0 aliphatic heterocycles. The number of amides is 1. The Labute approximate surface area is 170 Å². The average molecular weight is 478 g/mol. The van der Waals surface area contributed by atoms with Crippen LogP contribution in [0.5, 0.6) is 0 Å². The van der Waals surface area contributed by atoms with Crippen molar-refractivity contribution in [2.75, 3.05) is 6.26 Å². The molecule has 5 nitrogen and oxygen atoms in total. The van der Waals surface area contributed by atoms with Crippen LogP contribution in [0.1, 0.15) is 25.6 Å². The van der Waals surface area contributed by atoms with Gasteiger partial charge in [-0.3, -0.25) is 0 Å². The summed E-state index contributed by atoms with van der Waals surface area (Å²) >= 11 is 6.36. The molecular weight excluding hydrogens is 458 g/mol. The van der Waals surface area contributed by atoms with Gasteiger partial charge in [0.15, 0.2) is 9.84 Å². The normalized spacial score (nSPS) is 12.0. The van der Waals surface area contributed by atoms with Crippen molar-refractivity contribution in [3.63, 3.8) is 0 Å². The molecule has 1 aromatic heterocycles. The van der Waals surface area contributed by atoms with Crippen molar-refractivity contribution in [2.45, 2.75) is 46.9 Å². The number of thiophene rings is 1.